The summed E-state index contributed by atoms with van der Waals surface area (Å²) in [6, 6.07) is 10.7. The Morgan fingerprint density at radius 2 is 1.64 bits per heavy atom. The first-order valence-corrected chi connectivity index (χ1v) is 15.7. The van der Waals surface area contributed by atoms with E-state index in [1.165, 1.54) is 39.9 Å². The Morgan fingerprint density at radius 3 is 2.22 bits per heavy atom. The molecule has 0 N–H and O–H groups in total. The molecule has 0 aliphatic carbocycles. The molecule has 1 aliphatic heterocycles. The minimum absolute atomic E-state index is 0.108. The third-order valence-electron chi connectivity index (χ3n) is 5.85. The standard InChI is InChI=1S/C24H29N3O6S3/c1-5-12-27-21-11-10-20(35(4,29)30)13-22(21)34-24(27)25-23(28)18-6-8-19(9-7-18)36(31,32)26-14-16(2)33-17(3)15-26/h6-11,13,16-17H,5,12,14-15H2,1-4H3. The summed E-state index contributed by atoms with van der Waals surface area (Å²) in [6.07, 6.45) is 1.55. The third kappa shape index (κ3) is 5.47. The minimum Gasteiger partial charge on any atom is -0.373 e. The zero-order valence-electron chi connectivity index (χ0n) is 20.5. The maximum atomic E-state index is 13.1. The fourth-order valence-corrected chi connectivity index (χ4v) is 7.61. The van der Waals surface area contributed by atoms with Gasteiger partial charge in [0.1, 0.15) is 0 Å². The largest absolute Gasteiger partial charge is 0.373 e. The number of amides is 1. The van der Waals surface area contributed by atoms with Crippen LogP contribution in [0.4, 0.5) is 0 Å². The lowest BCUT2D eigenvalue weighted by atomic mass is 10.2. The number of aryl methyl sites for hydroxylation is 1. The molecule has 3 aromatic rings. The smallest absolute Gasteiger partial charge is 0.279 e. The number of hydrogen-bond donors (Lipinski definition) is 0. The molecule has 1 aromatic heterocycles. The molecule has 1 saturated heterocycles. The van der Waals surface area contributed by atoms with Crippen molar-refractivity contribution in [2.45, 2.75) is 55.7 Å². The fraction of sp³-hybridized carbons (Fsp3) is 0.417. The number of thiazole rings is 1. The van der Waals surface area contributed by atoms with E-state index in [1.807, 2.05) is 25.3 Å². The molecule has 1 fully saturated rings. The zero-order valence-corrected chi connectivity index (χ0v) is 23.0. The number of hydrogen-bond acceptors (Lipinski definition) is 7. The number of morpholine rings is 1. The van der Waals surface area contributed by atoms with Gasteiger partial charge in [0, 0.05) is 31.5 Å². The Kier molecular flexibility index (Phi) is 7.54. The molecule has 2 heterocycles. The molecule has 2 atom stereocenters. The molecule has 1 amide bonds. The zero-order chi connectivity index (χ0) is 26.3. The lowest BCUT2D eigenvalue weighted by Crippen LogP contribution is -2.48. The molecule has 2 unspecified atom stereocenters. The van der Waals surface area contributed by atoms with Gasteiger partial charge < -0.3 is 9.30 Å². The van der Waals surface area contributed by atoms with Crippen LogP contribution in [0, 0.1) is 0 Å². The van der Waals surface area contributed by atoms with Crippen LogP contribution in [0.5, 0.6) is 0 Å². The summed E-state index contributed by atoms with van der Waals surface area (Å²) < 4.78 is 59.7. The number of rotatable bonds is 6. The maximum absolute atomic E-state index is 13.1. The van der Waals surface area contributed by atoms with E-state index in [9.17, 15) is 21.6 Å². The van der Waals surface area contributed by atoms with Gasteiger partial charge in [0.15, 0.2) is 14.6 Å². The Morgan fingerprint density at radius 1 is 1.03 bits per heavy atom. The molecule has 0 spiro atoms. The van der Waals surface area contributed by atoms with Crippen molar-refractivity contribution in [3.8, 4) is 0 Å². The van der Waals surface area contributed by atoms with Crippen molar-refractivity contribution < 1.29 is 26.4 Å². The van der Waals surface area contributed by atoms with Crippen molar-refractivity contribution in [2.75, 3.05) is 19.3 Å². The van der Waals surface area contributed by atoms with Crippen molar-refractivity contribution in [3.63, 3.8) is 0 Å². The van der Waals surface area contributed by atoms with Crippen molar-refractivity contribution in [3.05, 3.63) is 52.8 Å². The number of benzene rings is 2. The molecule has 9 nitrogen and oxygen atoms in total. The Hall–Kier alpha value is -2.38. The number of sulfonamides is 1. The first kappa shape index (κ1) is 26.7. The molecule has 36 heavy (non-hydrogen) atoms. The van der Waals surface area contributed by atoms with Gasteiger partial charge >= 0.3 is 0 Å². The summed E-state index contributed by atoms with van der Waals surface area (Å²) in [4.78, 5) is 18.0. The molecule has 0 bridgehead atoms. The average molecular weight is 552 g/mol. The van der Waals surface area contributed by atoms with E-state index in [0.29, 0.717) is 16.0 Å². The highest BCUT2D eigenvalue weighted by molar-refractivity contribution is 7.90. The van der Waals surface area contributed by atoms with Crippen LogP contribution in [0.3, 0.4) is 0 Å². The maximum Gasteiger partial charge on any atom is 0.279 e. The van der Waals surface area contributed by atoms with Gasteiger partial charge in [-0.25, -0.2) is 16.8 Å². The molecule has 194 valence electrons. The van der Waals surface area contributed by atoms with E-state index < -0.39 is 25.8 Å². The summed E-state index contributed by atoms with van der Waals surface area (Å²) in [7, 11) is -7.08. The number of fused-ring (bicyclic) bond motifs is 1. The van der Waals surface area contributed by atoms with Crippen LogP contribution in [-0.4, -0.2) is 63.2 Å². The van der Waals surface area contributed by atoms with E-state index in [4.69, 9.17) is 4.74 Å². The monoisotopic (exact) mass is 551 g/mol. The number of carbonyl (C=O) groups excluding carboxylic acids is 1. The van der Waals surface area contributed by atoms with Crippen LogP contribution in [-0.2, 0) is 31.1 Å². The van der Waals surface area contributed by atoms with E-state index >= 15 is 0 Å². The quantitative estimate of drug-likeness (QED) is 0.465. The highest BCUT2D eigenvalue weighted by Crippen LogP contribution is 2.23. The van der Waals surface area contributed by atoms with Gasteiger partial charge in [0.2, 0.25) is 10.0 Å². The minimum atomic E-state index is -3.72. The van der Waals surface area contributed by atoms with Crippen molar-refractivity contribution in [1.29, 1.82) is 0 Å². The van der Waals surface area contributed by atoms with E-state index in [2.05, 4.69) is 4.99 Å². The van der Waals surface area contributed by atoms with Gasteiger partial charge in [-0.3, -0.25) is 4.79 Å². The normalized spacial score (nSPS) is 20.2. The molecule has 1 aliphatic rings. The lowest BCUT2D eigenvalue weighted by Gasteiger charge is -2.34. The summed E-state index contributed by atoms with van der Waals surface area (Å²) in [6.45, 7) is 6.82. The summed E-state index contributed by atoms with van der Waals surface area (Å²) >= 11 is 1.24. The third-order valence-corrected chi connectivity index (χ3v) is 9.85. The van der Waals surface area contributed by atoms with Gasteiger partial charge in [0.05, 0.1) is 32.2 Å². The van der Waals surface area contributed by atoms with Gasteiger partial charge in [-0.05, 0) is 62.7 Å². The lowest BCUT2D eigenvalue weighted by molar-refractivity contribution is -0.0440. The van der Waals surface area contributed by atoms with Crippen molar-refractivity contribution in [1.82, 2.24) is 8.87 Å². The van der Waals surface area contributed by atoms with Crippen LogP contribution in [0.15, 0.2) is 57.2 Å². The topological polar surface area (TPSA) is 115 Å². The first-order chi connectivity index (χ1) is 16.9. The van der Waals surface area contributed by atoms with E-state index in [0.717, 1.165) is 18.2 Å². The SMILES string of the molecule is CCCn1c(=NC(=O)c2ccc(S(=O)(=O)N3CC(C)OC(C)C3)cc2)sc2cc(S(C)(=O)=O)ccc21. The summed E-state index contributed by atoms with van der Waals surface area (Å²) in [5.41, 5.74) is 1.06. The van der Waals surface area contributed by atoms with E-state index in [-0.39, 0.29) is 40.7 Å². The Labute approximate surface area is 215 Å². The Bertz CT molecular complexity index is 1560. The van der Waals surface area contributed by atoms with E-state index in [1.54, 1.807) is 18.2 Å². The summed E-state index contributed by atoms with van der Waals surface area (Å²) in [5.74, 6) is -0.507. The molecular weight excluding hydrogens is 522 g/mol. The van der Waals surface area contributed by atoms with Crippen molar-refractivity contribution in [2.24, 2.45) is 4.99 Å². The predicted octanol–water partition coefficient (Wildman–Crippen LogP) is 3.06. The molecule has 4 rings (SSSR count). The first-order valence-electron chi connectivity index (χ1n) is 11.6. The highest BCUT2D eigenvalue weighted by Gasteiger charge is 2.32. The van der Waals surface area contributed by atoms with Crippen LogP contribution in [0.2, 0.25) is 0 Å². The van der Waals surface area contributed by atoms with Gasteiger partial charge in [-0.15, -0.1) is 0 Å². The second-order valence-electron chi connectivity index (χ2n) is 8.96. The summed E-state index contributed by atoms with van der Waals surface area (Å²) in [5, 5.41) is 0. The second-order valence-corrected chi connectivity index (χ2v) is 13.9. The number of ether oxygens (including phenoxy) is 1. The number of sulfone groups is 1. The predicted molar refractivity (Wildman–Crippen MR) is 138 cm³/mol. The fourth-order valence-electron chi connectivity index (χ4n) is 4.21. The number of carbonyl (C=O) groups is 1. The molecule has 0 saturated carbocycles. The highest BCUT2D eigenvalue weighted by atomic mass is 32.2. The number of aromatic nitrogens is 1. The van der Waals surface area contributed by atoms with Gasteiger partial charge in [-0.2, -0.15) is 9.30 Å². The van der Waals surface area contributed by atoms with Gasteiger partial charge in [-0.1, -0.05) is 18.3 Å². The van der Waals surface area contributed by atoms with Crippen LogP contribution < -0.4 is 4.80 Å². The molecule has 0 radical (unpaired) electrons. The second kappa shape index (κ2) is 10.2. The molecular formula is C24H29N3O6S3. The molecule has 12 heteroatoms. The Balaban J connectivity index is 1.66. The van der Waals surface area contributed by atoms with Crippen LogP contribution in [0.1, 0.15) is 37.6 Å². The average Bonchev–Trinajstić information content (AvgIpc) is 3.14. The van der Waals surface area contributed by atoms with Crippen LogP contribution >= 0.6 is 11.3 Å². The number of nitrogens with zero attached hydrogens (tertiary/aromatic N) is 3. The molecule has 2 aromatic carbocycles. The van der Waals surface area contributed by atoms with Crippen LogP contribution in [0.25, 0.3) is 10.2 Å². The van der Waals surface area contributed by atoms with Gasteiger partial charge in [0.25, 0.3) is 5.91 Å². The van der Waals surface area contributed by atoms with Crippen molar-refractivity contribution >= 4 is 47.3 Å².